The number of hydroxylamine groups is 2. The van der Waals surface area contributed by atoms with E-state index in [1.54, 1.807) is 0 Å². The Balaban J connectivity index is 3.09. The quantitative estimate of drug-likeness (QED) is 0.385. The van der Waals surface area contributed by atoms with Gasteiger partial charge in [-0.05, 0) is 18.8 Å². The second-order valence-corrected chi connectivity index (χ2v) is 6.01. The van der Waals surface area contributed by atoms with Gasteiger partial charge in [-0.25, -0.2) is 10.1 Å². The molecule has 19 heavy (non-hydrogen) atoms. The number of rotatable bonds is 14. The smallest absolute Gasteiger partial charge is 0.109 e. The van der Waals surface area contributed by atoms with Gasteiger partial charge in [-0.1, -0.05) is 72.1 Å². The molecule has 0 heterocycles. The summed E-state index contributed by atoms with van der Waals surface area (Å²) in [6, 6.07) is 0. The molecule has 1 atom stereocenters. The van der Waals surface area contributed by atoms with Crippen LogP contribution in [0.15, 0.2) is 0 Å². The van der Waals surface area contributed by atoms with Crippen molar-refractivity contribution in [3.63, 3.8) is 0 Å². The Bertz CT molecular complexity index is 174. The maximum Gasteiger partial charge on any atom is 0.109 e. The Morgan fingerprint density at radius 2 is 1.32 bits per heavy atom. The van der Waals surface area contributed by atoms with Crippen molar-refractivity contribution < 1.29 is 10.1 Å². The van der Waals surface area contributed by atoms with Crippen molar-refractivity contribution in [2.45, 2.75) is 85.0 Å². The Morgan fingerprint density at radius 1 is 0.842 bits per heavy atom. The van der Waals surface area contributed by atoms with E-state index in [-0.39, 0.29) is 5.23 Å². The van der Waals surface area contributed by atoms with E-state index in [1.165, 1.54) is 57.8 Å². The summed E-state index contributed by atoms with van der Waals surface area (Å²) in [5, 5.41) is 11.3. The van der Waals surface area contributed by atoms with Crippen molar-refractivity contribution in [2.75, 3.05) is 13.2 Å². The van der Waals surface area contributed by atoms with Gasteiger partial charge in [-0.15, -0.1) is 0 Å². The molecule has 0 amide bonds. The van der Waals surface area contributed by atoms with Crippen LogP contribution in [-0.4, -0.2) is 13.2 Å². The van der Waals surface area contributed by atoms with Crippen LogP contribution in [-0.2, 0) is 4.84 Å². The summed E-state index contributed by atoms with van der Waals surface area (Å²) in [6.45, 7) is 7.55. The van der Waals surface area contributed by atoms with Gasteiger partial charge in [0, 0.05) is 0 Å². The Hall–Kier alpha value is -0.120. The molecule has 0 spiro atoms. The summed E-state index contributed by atoms with van der Waals surface area (Å²) < 4.78 is 0. The zero-order valence-electron chi connectivity index (χ0n) is 13.4. The molecule has 0 aliphatic carbocycles. The Morgan fingerprint density at radius 3 is 1.79 bits per heavy atom. The number of hydrogen-bond acceptors (Lipinski definition) is 2. The van der Waals surface area contributed by atoms with Crippen LogP contribution in [0.4, 0.5) is 0 Å². The van der Waals surface area contributed by atoms with E-state index in [9.17, 15) is 5.21 Å². The minimum Gasteiger partial charge on any atom is -0.600 e. The normalized spacial score (nSPS) is 13.1. The SMILES string of the molecule is CCCCCCCCCCCC[NH+]([O-])OCC(C)C. The summed E-state index contributed by atoms with van der Waals surface area (Å²) in [6.07, 6.45) is 13.0. The average molecular weight is 273 g/mol. The van der Waals surface area contributed by atoms with Gasteiger partial charge in [-0.3, -0.25) is 0 Å². The van der Waals surface area contributed by atoms with Crippen LogP contribution in [0.2, 0.25) is 0 Å². The minimum atomic E-state index is -0.0201. The molecule has 0 aromatic heterocycles. The molecule has 0 fully saturated rings. The third-order valence-corrected chi connectivity index (χ3v) is 3.31. The van der Waals surface area contributed by atoms with Crippen molar-refractivity contribution in [3.05, 3.63) is 5.21 Å². The fraction of sp³-hybridized carbons (Fsp3) is 1.00. The van der Waals surface area contributed by atoms with E-state index in [0.29, 0.717) is 19.1 Å². The van der Waals surface area contributed by atoms with Crippen LogP contribution >= 0.6 is 0 Å². The molecule has 0 radical (unpaired) electrons. The lowest BCUT2D eigenvalue weighted by Gasteiger charge is -2.20. The van der Waals surface area contributed by atoms with E-state index in [1.807, 2.05) is 0 Å². The maximum absolute atomic E-state index is 11.4. The van der Waals surface area contributed by atoms with Crippen LogP contribution in [0.25, 0.3) is 0 Å². The summed E-state index contributed by atoms with van der Waals surface area (Å²) in [7, 11) is 0. The molecule has 0 aliphatic heterocycles. The Kier molecular flexibility index (Phi) is 14.2. The van der Waals surface area contributed by atoms with E-state index in [0.717, 1.165) is 6.42 Å². The standard InChI is InChI=1S/C16H35NO2/c1-4-5-6-7-8-9-10-11-12-13-14-17(18)19-15-16(2)3/h16-17H,4-15H2,1-3H3. The zero-order valence-corrected chi connectivity index (χ0v) is 13.4. The third kappa shape index (κ3) is 15.8. The van der Waals surface area contributed by atoms with Crippen molar-refractivity contribution in [3.8, 4) is 0 Å². The van der Waals surface area contributed by atoms with Gasteiger partial charge >= 0.3 is 0 Å². The largest absolute Gasteiger partial charge is 0.600 e. The topological polar surface area (TPSA) is 36.7 Å². The van der Waals surface area contributed by atoms with Crippen LogP contribution in [0.5, 0.6) is 0 Å². The number of unbranched alkanes of at least 4 members (excludes halogenated alkanes) is 9. The molecule has 0 aromatic carbocycles. The highest BCUT2D eigenvalue weighted by molar-refractivity contribution is 4.46. The number of nitrogens with one attached hydrogen (secondary N) is 1. The van der Waals surface area contributed by atoms with E-state index in [4.69, 9.17) is 4.84 Å². The molecule has 1 unspecified atom stereocenters. The van der Waals surface area contributed by atoms with Gasteiger partial charge in [0.05, 0.1) is 0 Å². The molecule has 0 aliphatic rings. The van der Waals surface area contributed by atoms with Gasteiger partial charge in [0.2, 0.25) is 0 Å². The first-order valence-electron chi connectivity index (χ1n) is 8.32. The van der Waals surface area contributed by atoms with Crippen LogP contribution < -0.4 is 5.23 Å². The van der Waals surface area contributed by atoms with Crippen molar-refractivity contribution >= 4 is 0 Å². The summed E-state index contributed by atoms with van der Waals surface area (Å²) in [4.78, 5) is 5.15. The fourth-order valence-corrected chi connectivity index (χ4v) is 2.09. The monoisotopic (exact) mass is 273 g/mol. The maximum atomic E-state index is 11.4. The van der Waals surface area contributed by atoms with Crippen molar-refractivity contribution in [2.24, 2.45) is 5.92 Å². The Labute approximate surface area is 120 Å². The summed E-state index contributed by atoms with van der Waals surface area (Å²) >= 11 is 0. The summed E-state index contributed by atoms with van der Waals surface area (Å²) in [5.74, 6) is 0.441. The summed E-state index contributed by atoms with van der Waals surface area (Å²) in [5.41, 5.74) is 0. The van der Waals surface area contributed by atoms with E-state index in [2.05, 4.69) is 20.8 Å². The van der Waals surface area contributed by atoms with Crippen LogP contribution in [0, 0.1) is 11.1 Å². The second-order valence-electron chi connectivity index (χ2n) is 6.01. The molecule has 3 nitrogen and oxygen atoms in total. The zero-order chi connectivity index (χ0) is 14.3. The van der Waals surface area contributed by atoms with Gasteiger partial charge in [0.15, 0.2) is 0 Å². The highest BCUT2D eigenvalue weighted by Crippen LogP contribution is 2.09. The average Bonchev–Trinajstić information content (AvgIpc) is 2.38. The molecule has 0 saturated carbocycles. The molecular weight excluding hydrogens is 238 g/mol. The second kappa shape index (κ2) is 14.3. The van der Waals surface area contributed by atoms with Crippen molar-refractivity contribution in [1.82, 2.24) is 0 Å². The minimum absolute atomic E-state index is 0.0201. The van der Waals surface area contributed by atoms with Crippen LogP contribution in [0.3, 0.4) is 0 Å². The van der Waals surface area contributed by atoms with Crippen LogP contribution in [0.1, 0.15) is 85.0 Å². The molecule has 0 saturated heterocycles. The van der Waals surface area contributed by atoms with Gasteiger partial charge in [0.1, 0.15) is 13.2 Å². The highest BCUT2D eigenvalue weighted by Gasteiger charge is 2.01. The van der Waals surface area contributed by atoms with Gasteiger partial charge < -0.3 is 5.21 Å². The molecule has 0 rings (SSSR count). The molecule has 116 valence electrons. The number of quaternary nitrogens is 1. The predicted molar refractivity (Wildman–Crippen MR) is 81.8 cm³/mol. The van der Waals surface area contributed by atoms with Gasteiger partial charge in [-0.2, -0.15) is 0 Å². The number of hydrogen-bond donors (Lipinski definition) is 1. The first kappa shape index (κ1) is 18.9. The van der Waals surface area contributed by atoms with E-state index < -0.39 is 0 Å². The molecule has 0 bridgehead atoms. The molecular formula is C16H35NO2. The third-order valence-electron chi connectivity index (χ3n) is 3.31. The first-order valence-corrected chi connectivity index (χ1v) is 8.32. The van der Waals surface area contributed by atoms with Crippen molar-refractivity contribution in [1.29, 1.82) is 0 Å². The lowest BCUT2D eigenvalue weighted by atomic mass is 10.1. The molecule has 3 heteroatoms. The van der Waals surface area contributed by atoms with E-state index >= 15 is 0 Å². The first-order chi connectivity index (χ1) is 9.16. The lowest BCUT2D eigenvalue weighted by Crippen LogP contribution is -3.06. The fourth-order valence-electron chi connectivity index (χ4n) is 2.09. The lowest BCUT2D eigenvalue weighted by molar-refractivity contribution is -1.05. The predicted octanol–water partition coefficient (Wildman–Crippen LogP) is 3.88. The molecule has 1 N–H and O–H groups in total. The van der Waals surface area contributed by atoms with Gasteiger partial charge in [0.25, 0.3) is 0 Å². The highest BCUT2D eigenvalue weighted by atomic mass is 16.9. The molecule has 0 aromatic rings.